The molecule has 2 aromatic rings. The maximum Gasteiger partial charge on any atom is 0.268 e. The lowest BCUT2D eigenvalue weighted by Gasteiger charge is -2.09. The molecule has 0 radical (unpaired) electrons. The average molecular weight is 247 g/mol. The number of rotatable bonds is 3. The van der Waals surface area contributed by atoms with Gasteiger partial charge in [0.1, 0.15) is 11.3 Å². The van der Waals surface area contributed by atoms with Crippen LogP contribution in [0.5, 0.6) is 0 Å². The van der Waals surface area contributed by atoms with Gasteiger partial charge in [0.15, 0.2) is 5.65 Å². The summed E-state index contributed by atoms with van der Waals surface area (Å²) < 4.78 is 0. The number of H-pyrrole nitrogens is 1. The fourth-order valence-electron chi connectivity index (χ4n) is 1.40. The Morgan fingerprint density at radius 2 is 2.33 bits per heavy atom. The zero-order valence-corrected chi connectivity index (χ0v) is 9.80. The van der Waals surface area contributed by atoms with Gasteiger partial charge in [-0.05, 0) is 18.6 Å². The van der Waals surface area contributed by atoms with Gasteiger partial charge in [-0.25, -0.2) is 9.97 Å². The van der Waals surface area contributed by atoms with Crippen LogP contribution in [0, 0.1) is 0 Å². The van der Waals surface area contributed by atoms with Crippen molar-refractivity contribution in [3.8, 4) is 0 Å². The van der Waals surface area contributed by atoms with Gasteiger partial charge in [-0.1, -0.05) is 6.92 Å². The number of carbonyl (C=O) groups excluding carboxylic acids is 1. The molecule has 2 heterocycles. The maximum atomic E-state index is 11.6. The minimum absolute atomic E-state index is 0.310. The molecule has 7 heteroatoms. The molecule has 2 rings (SSSR count). The molecule has 4 N–H and O–H groups in total. The first kappa shape index (κ1) is 12.2. The van der Waals surface area contributed by atoms with E-state index >= 15 is 0 Å². The van der Waals surface area contributed by atoms with Gasteiger partial charge < -0.3 is 16.0 Å². The van der Waals surface area contributed by atoms with E-state index in [1.54, 1.807) is 12.1 Å². The lowest BCUT2D eigenvalue weighted by molar-refractivity contribution is -0.117. The van der Waals surface area contributed by atoms with Crippen LogP contribution in [0.15, 0.2) is 23.1 Å². The zero-order chi connectivity index (χ0) is 13.1. The number of aromatic amines is 1. The van der Waals surface area contributed by atoms with Crippen molar-refractivity contribution in [1.29, 1.82) is 0 Å². The molecule has 2 aromatic heterocycles. The number of fused-ring (bicyclic) bond motifs is 1. The Bertz CT molecular complexity index is 637. The molecule has 0 aliphatic rings. The van der Waals surface area contributed by atoms with E-state index in [2.05, 4.69) is 20.3 Å². The number of hydrogen-bond donors (Lipinski definition) is 3. The van der Waals surface area contributed by atoms with Gasteiger partial charge in [0.2, 0.25) is 5.91 Å². The molecular formula is C11H13N5O2. The maximum absolute atomic E-state index is 11.6. The van der Waals surface area contributed by atoms with Crippen molar-refractivity contribution in [2.45, 2.75) is 19.4 Å². The van der Waals surface area contributed by atoms with Gasteiger partial charge >= 0.3 is 0 Å². The summed E-state index contributed by atoms with van der Waals surface area (Å²) >= 11 is 0. The summed E-state index contributed by atoms with van der Waals surface area (Å²) in [6.07, 6.45) is 1.72. The van der Waals surface area contributed by atoms with Crippen LogP contribution >= 0.6 is 0 Å². The third-order valence-corrected chi connectivity index (χ3v) is 2.46. The highest BCUT2D eigenvalue weighted by Gasteiger charge is 2.11. The van der Waals surface area contributed by atoms with Gasteiger partial charge in [0.25, 0.3) is 5.56 Å². The van der Waals surface area contributed by atoms with Gasteiger partial charge in [-0.15, -0.1) is 0 Å². The molecule has 7 nitrogen and oxygen atoms in total. The first-order valence-electron chi connectivity index (χ1n) is 5.52. The lowest BCUT2D eigenvalue weighted by Crippen LogP contribution is -2.35. The van der Waals surface area contributed by atoms with E-state index in [1.165, 1.54) is 6.20 Å². The molecule has 18 heavy (non-hydrogen) atoms. The van der Waals surface area contributed by atoms with E-state index in [-0.39, 0.29) is 11.5 Å². The molecule has 1 amide bonds. The number of pyridine rings is 1. The van der Waals surface area contributed by atoms with Gasteiger partial charge in [0.05, 0.1) is 12.2 Å². The summed E-state index contributed by atoms with van der Waals surface area (Å²) in [6, 6.07) is 2.69. The molecule has 0 spiro atoms. The average Bonchev–Trinajstić information content (AvgIpc) is 2.37. The molecule has 0 saturated carbocycles. The predicted octanol–water partition coefficient (Wildman–Crippen LogP) is -0.00610. The largest absolute Gasteiger partial charge is 0.320 e. The summed E-state index contributed by atoms with van der Waals surface area (Å²) in [6.45, 7) is 1.82. The first-order chi connectivity index (χ1) is 8.60. The van der Waals surface area contributed by atoms with Crippen LogP contribution in [0.3, 0.4) is 0 Å². The van der Waals surface area contributed by atoms with Crippen molar-refractivity contribution in [2.75, 3.05) is 5.32 Å². The molecule has 1 unspecified atom stereocenters. The number of nitrogens with one attached hydrogen (secondary N) is 2. The minimum atomic E-state index is -0.574. The van der Waals surface area contributed by atoms with Crippen LogP contribution in [-0.2, 0) is 4.79 Å². The Labute approximate surface area is 102 Å². The van der Waals surface area contributed by atoms with E-state index in [0.717, 1.165) is 0 Å². The second-order valence-electron chi connectivity index (χ2n) is 3.82. The summed E-state index contributed by atoms with van der Waals surface area (Å²) in [5, 5.41) is 2.58. The molecule has 0 aliphatic heterocycles. The molecule has 0 aliphatic carbocycles. The predicted molar refractivity (Wildman–Crippen MR) is 67.1 cm³/mol. The number of hydrogen-bond acceptors (Lipinski definition) is 5. The minimum Gasteiger partial charge on any atom is -0.320 e. The first-order valence-corrected chi connectivity index (χ1v) is 5.52. The molecular weight excluding hydrogens is 234 g/mol. The number of anilines is 1. The third-order valence-electron chi connectivity index (χ3n) is 2.46. The lowest BCUT2D eigenvalue weighted by atomic mass is 10.2. The van der Waals surface area contributed by atoms with Crippen LogP contribution < -0.4 is 16.6 Å². The summed E-state index contributed by atoms with van der Waals surface area (Å²) in [5.74, 6) is 0.0237. The Morgan fingerprint density at radius 3 is 3.06 bits per heavy atom. The highest BCUT2D eigenvalue weighted by atomic mass is 16.2. The molecule has 0 bridgehead atoms. The second kappa shape index (κ2) is 4.92. The van der Waals surface area contributed by atoms with E-state index in [1.807, 2.05) is 6.92 Å². The zero-order valence-electron chi connectivity index (χ0n) is 9.80. The topological polar surface area (TPSA) is 114 Å². The Hall–Kier alpha value is -2.28. The third kappa shape index (κ3) is 2.51. The molecule has 94 valence electrons. The van der Waals surface area contributed by atoms with E-state index in [4.69, 9.17) is 5.73 Å². The standard InChI is InChI=1S/C11H13N5O2/c1-2-6(12)11(18)15-8-4-3-7-10(14-8)16-9(17)5-13-7/h3-6H,2,12H2,1H3,(H2,14,15,16,17,18). The highest BCUT2D eigenvalue weighted by molar-refractivity contribution is 5.94. The fourth-order valence-corrected chi connectivity index (χ4v) is 1.40. The SMILES string of the molecule is CCC(N)C(=O)Nc1ccc2ncc(=O)[nH]c2n1. The number of nitrogens with zero attached hydrogens (tertiary/aromatic N) is 2. The van der Waals surface area contributed by atoms with Crippen molar-refractivity contribution in [3.05, 3.63) is 28.7 Å². The van der Waals surface area contributed by atoms with Crippen molar-refractivity contribution < 1.29 is 4.79 Å². The number of nitrogens with two attached hydrogens (primary N) is 1. The van der Waals surface area contributed by atoms with Crippen molar-refractivity contribution in [3.63, 3.8) is 0 Å². The summed E-state index contributed by atoms with van der Waals surface area (Å²) in [4.78, 5) is 33.2. The molecule has 1 atom stereocenters. The van der Waals surface area contributed by atoms with Gasteiger partial charge in [-0.2, -0.15) is 0 Å². The monoisotopic (exact) mass is 247 g/mol. The molecule has 0 fully saturated rings. The van der Waals surface area contributed by atoms with Crippen LogP contribution in [0.2, 0.25) is 0 Å². The quantitative estimate of drug-likeness (QED) is 0.706. The Kier molecular flexibility index (Phi) is 3.33. The number of amides is 1. The summed E-state index contributed by atoms with van der Waals surface area (Å²) in [7, 11) is 0. The van der Waals surface area contributed by atoms with Crippen LogP contribution in [0.25, 0.3) is 11.2 Å². The van der Waals surface area contributed by atoms with Crippen LogP contribution in [0.4, 0.5) is 5.82 Å². The Morgan fingerprint density at radius 1 is 1.56 bits per heavy atom. The fraction of sp³-hybridized carbons (Fsp3) is 0.273. The number of aromatic nitrogens is 3. The van der Waals surface area contributed by atoms with Crippen LogP contribution in [-0.4, -0.2) is 26.9 Å². The smallest absolute Gasteiger partial charge is 0.268 e. The summed E-state index contributed by atoms with van der Waals surface area (Å²) in [5.41, 5.74) is 6.12. The Balaban J connectivity index is 2.30. The van der Waals surface area contributed by atoms with Gasteiger partial charge in [0, 0.05) is 0 Å². The number of carbonyl (C=O) groups is 1. The van der Waals surface area contributed by atoms with Gasteiger partial charge in [-0.3, -0.25) is 9.59 Å². The molecule has 0 aromatic carbocycles. The van der Waals surface area contributed by atoms with E-state index in [0.29, 0.717) is 23.4 Å². The normalized spacial score (nSPS) is 12.3. The molecule has 0 saturated heterocycles. The van der Waals surface area contributed by atoms with Crippen molar-refractivity contribution in [1.82, 2.24) is 15.0 Å². The van der Waals surface area contributed by atoms with E-state index < -0.39 is 6.04 Å². The van der Waals surface area contributed by atoms with Crippen molar-refractivity contribution in [2.24, 2.45) is 5.73 Å². The van der Waals surface area contributed by atoms with E-state index in [9.17, 15) is 9.59 Å². The second-order valence-corrected chi connectivity index (χ2v) is 3.82. The van der Waals surface area contributed by atoms with Crippen molar-refractivity contribution >= 4 is 22.9 Å². The highest BCUT2D eigenvalue weighted by Crippen LogP contribution is 2.09. The van der Waals surface area contributed by atoms with Crippen LogP contribution in [0.1, 0.15) is 13.3 Å².